The van der Waals surface area contributed by atoms with Gasteiger partial charge < -0.3 is 24.8 Å². The summed E-state index contributed by atoms with van der Waals surface area (Å²) in [5, 5.41) is 6.31. The van der Waals surface area contributed by atoms with Crippen molar-refractivity contribution in [2.24, 2.45) is 10.9 Å². The van der Waals surface area contributed by atoms with Crippen LogP contribution in [0.15, 0.2) is 23.2 Å². The molecule has 1 aromatic rings. The molecule has 0 amide bonds. The lowest BCUT2D eigenvalue weighted by molar-refractivity contribution is -0.0504. The highest BCUT2D eigenvalue weighted by atomic mass is 127. The number of benzene rings is 1. The standard InChI is InChI=1S/C19H31F2N3O3.HI/c1-6-26-16(13(2)3)9-10-23-19(22-4)24-12-14-11-15(25-5)7-8-17(14)27-18(20)21;/h7-8,11,13,16,18H,6,9-10,12H2,1-5H3,(H2,22,23,24);1H. The van der Waals surface area contributed by atoms with Crippen molar-refractivity contribution in [3.8, 4) is 11.5 Å². The number of rotatable bonds is 11. The molecule has 0 aliphatic heterocycles. The number of ether oxygens (including phenoxy) is 3. The molecule has 0 radical (unpaired) electrons. The number of aliphatic imine (C=N–C) groups is 1. The van der Waals surface area contributed by atoms with Crippen LogP contribution in [0.2, 0.25) is 0 Å². The molecule has 0 aromatic heterocycles. The molecule has 162 valence electrons. The Balaban J connectivity index is 0.00000729. The van der Waals surface area contributed by atoms with Crippen LogP contribution in [-0.2, 0) is 11.3 Å². The second kappa shape index (κ2) is 14.6. The summed E-state index contributed by atoms with van der Waals surface area (Å²) in [6.45, 7) is 4.97. The number of guanidine groups is 1. The van der Waals surface area contributed by atoms with Crippen LogP contribution in [0.1, 0.15) is 32.8 Å². The second-order valence-corrected chi connectivity index (χ2v) is 6.23. The summed E-state index contributed by atoms with van der Waals surface area (Å²) in [5.74, 6) is 1.66. The van der Waals surface area contributed by atoms with E-state index in [9.17, 15) is 8.78 Å². The third kappa shape index (κ3) is 9.72. The predicted octanol–water partition coefficient (Wildman–Crippen LogP) is 4.03. The van der Waals surface area contributed by atoms with Gasteiger partial charge in [-0.1, -0.05) is 13.8 Å². The minimum Gasteiger partial charge on any atom is -0.497 e. The lowest BCUT2D eigenvalue weighted by atomic mass is 10.0. The second-order valence-electron chi connectivity index (χ2n) is 6.23. The Hall–Kier alpha value is -1.36. The third-order valence-electron chi connectivity index (χ3n) is 4.00. The molecule has 1 aromatic carbocycles. The number of methoxy groups -OCH3 is 1. The molecule has 6 nitrogen and oxygen atoms in total. The van der Waals surface area contributed by atoms with Crippen molar-refractivity contribution in [2.45, 2.75) is 46.5 Å². The molecule has 1 rings (SSSR count). The molecular weight excluding hydrogens is 483 g/mol. The summed E-state index contributed by atoms with van der Waals surface area (Å²) in [6.07, 6.45) is 1.01. The van der Waals surface area contributed by atoms with Crippen LogP contribution in [0.5, 0.6) is 11.5 Å². The molecule has 0 aliphatic rings. The Morgan fingerprint density at radius 3 is 2.46 bits per heavy atom. The van der Waals surface area contributed by atoms with Crippen molar-refractivity contribution in [2.75, 3.05) is 27.3 Å². The number of halogens is 3. The maximum Gasteiger partial charge on any atom is 0.387 e. The largest absolute Gasteiger partial charge is 0.497 e. The van der Waals surface area contributed by atoms with Crippen molar-refractivity contribution in [1.29, 1.82) is 0 Å². The lowest BCUT2D eigenvalue weighted by Crippen LogP contribution is -2.39. The first-order valence-electron chi connectivity index (χ1n) is 9.09. The summed E-state index contributed by atoms with van der Waals surface area (Å²) in [6, 6.07) is 4.70. The third-order valence-corrected chi connectivity index (χ3v) is 4.00. The van der Waals surface area contributed by atoms with E-state index in [-0.39, 0.29) is 42.4 Å². The van der Waals surface area contributed by atoms with E-state index < -0.39 is 6.61 Å². The van der Waals surface area contributed by atoms with Crippen molar-refractivity contribution >= 4 is 29.9 Å². The summed E-state index contributed by atoms with van der Waals surface area (Å²) < 4.78 is 40.6. The maximum absolute atomic E-state index is 12.6. The number of alkyl halides is 2. The Bertz CT molecular complexity index is 590. The Morgan fingerprint density at radius 1 is 1.21 bits per heavy atom. The molecular formula is C19H32F2IN3O3. The van der Waals surface area contributed by atoms with Crippen LogP contribution in [0.4, 0.5) is 8.78 Å². The molecule has 0 saturated carbocycles. The van der Waals surface area contributed by atoms with Crippen LogP contribution in [0.25, 0.3) is 0 Å². The number of nitrogens with zero attached hydrogens (tertiary/aromatic N) is 1. The zero-order valence-electron chi connectivity index (χ0n) is 17.1. The maximum atomic E-state index is 12.6. The zero-order chi connectivity index (χ0) is 20.2. The van der Waals surface area contributed by atoms with Gasteiger partial charge >= 0.3 is 6.61 Å². The Labute approximate surface area is 183 Å². The molecule has 2 N–H and O–H groups in total. The molecule has 1 unspecified atom stereocenters. The number of nitrogens with one attached hydrogen (secondary N) is 2. The molecule has 9 heteroatoms. The summed E-state index contributed by atoms with van der Waals surface area (Å²) in [4.78, 5) is 4.16. The van der Waals surface area contributed by atoms with Crippen LogP contribution < -0.4 is 20.1 Å². The van der Waals surface area contributed by atoms with Gasteiger partial charge in [-0.25, -0.2) is 0 Å². The van der Waals surface area contributed by atoms with Gasteiger partial charge in [0.15, 0.2) is 5.96 Å². The van der Waals surface area contributed by atoms with Gasteiger partial charge in [-0.05, 0) is 37.5 Å². The van der Waals surface area contributed by atoms with E-state index in [0.29, 0.717) is 36.3 Å². The summed E-state index contributed by atoms with van der Waals surface area (Å²) in [7, 11) is 3.17. The fraction of sp³-hybridized carbons (Fsp3) is 0.632. The number of hydrogen-bond acceptors (Lipinski definition) is 4. The summed E-state index contributed by atoms with van der Waals surface area (Å²) in [5.41, 5.74) is 0.548. The minimum absolute atomic E-state index is 0. The Kier molecular flexibility index (Phi) is 13.9. The first kappa shape index (κ1) is 26.6. The fourth-order valence-corrected chi connectivity index (χ4v) is 2.59. The number of hydrogen-bond donors (Lipinski definition) is 2. The van der Waals surface area contributed by atoms with E-state index in [0.717, 1.165) is 6.42 Å². The first-order chi connectivity index (χ1) is 12.9. The van der Waals surface area contributed by atoms with E-state index in [1.54, 1.807) is 19.2 Å². The van der Waals surface area contributed by atoms with Crippen molar-refractivity contribution in [3.05, 3.63) is 23.8 Å². The van der Waals surface area contributed by atoms with Gasteiger partial charge in [0.1, 0.15) is 11.5 Å². The van der Waals surface area contributed by atoms with Gasteiger partial charge in [0, 0.05) is 32.3 Å². The van der Waals surface area contributed by atoms with Crippen LogP contribution >= 0.6 is 24.0 Å². The normalized spacial score (nSPS) is 12.5. The van der Waals surface area contributed by atoms with E-state index in [2.05, 4.69) is 34.2 Å². The SMILES string of the molecule is CCOC(CCNC(=NC)NCc1cc(OC)ccc1OC(F)F)C(C)C.I. The monoisotopic (exact) mass is 515 g/mol. The average molecular weight is 515 g/mol. The topological polar surface area (TPSA) is 64.1 Å². The average Bonchev–Trinajstić information content (AvgIpc) is 2.63. The summed E-state index contributed by atoms with van der Waals surface area (Å²) >= 11 is 0. The van der Waals surface area contributed by atoms with Gasteiger partial charge in [0.2, 0.25) is 0 Å². The minimum atomic E-state index is -2.89. The molecule has 0 fully saturated rings. The lowest BCUT2D eigenvalue weighted by Gasteiger charge is -2.21. The van der Waals surface area contributed by atoms with Crippen LogP contribution in [-0.4, -0.2) is 46.0 Å². The van der Waals surface area contributed by atoms with Gasteiger partial charge in [0.25, 0.3) is 0 Å². The van der Waals surface area contributed by atoms with Gasteiger partial charge in [0.05, 0.1) is 13.2 Å². The van der Waals surface area contributed by atoms with Crippen LogP contribution in [0.3, 0.4) is 0 Å². The van der Waals surface area contributed by atoms with E-state index in [4.69, 9.17) is 9.47 Å². The Morgan fingerprint density at radius 2 is 1.93 bits per heavy atom. The molecule has 1 atom stereocenters. The highest BCUT2D eigenvalue weighted by Crippen LogP contribution is 2.25. The van der Waals surface area contributed by atoms with Crippen molar-refractivity contribution < 1.29 is 23.0 Å². The van der Waals surface area contributed by atoms with Gasteiger partial charge in [-0.2, -0.15) is 8.78 Å². The molecule has 0 heterocycles. The highest BCUT2D eigenvalue weighted by molar-refractivity contribution is 14.0. The zero-order valence-corrected chi connectivity index (χ0v) is 19.5. The van der Waals surface area contributed by atoms with Crippen molar-refractivity contribution in [3.63, 3.8) is 0 Å². The molecule has 0 bridgehead atoms. The first-order valence-corrected chi connectivity index (χ1v) is 9.09. The quantitative estimate of drug-likeness (QED) is 0.265. The molecule has 0 aliphatic carbocycles. The smallest absolute Gasteiger partial charge is 0.387 e. The van der Waals surface area contributed by atoms with E-state index in [1.807, 2.05) is 6.92 Å². The predicted molar refractivity (Wildman–Crippen MR) is 118 cm³/mol. The highest BCUT2D eigenvalue weighted by Gasteiger charge is 2.14. The van der Waals surface area contributed by atoms with Gasteiger partial charge in [-0.3, -0.25) is 4.99 Å². The van der Waals surface area contributed by atoms with Gasteiger partial charge in [-0.15, -0.1) is 24.0 Å². The molecule has 0 saturated heterocycles. The van der Waals surface area contributed by atoms with Crippen LogP contribution in [0, 0.1) is 5.92 Å². The fourth-order valence-electron chi connectivity index (χ4n) is 2.59. The van der Waals surface area contributed by atoms with Crippen molar-refractivity contribution in [1.82, 2.24) is 10.6 Å². The molecule has 28 heavy (non-hydrogen) atoms. The van der Waals surface area contributed by atoms with E-state index in [1.165, 1.54) is 13.2 Å². The van der Waals surface area contributed by atoms with E-state index >= 15 is 0 Å². The molecule has 0 spiro atoms.